The molecule has 2 rings (SSSR count). The molecule has 1 aromatic carbocycles. The zero-order chi connectivity index (χ0) is 14.2. The van der Waals surface area contributed by atoms with Crippen molar-refractivity contribution < 1.29 is 23.9 Å². The minimum Gasteiger partial charge on any atom is -0.468 e. The van der Waals surface area contributed by atoms with Crippen LogP contribution in [0.4, 0.5) is 0 Å². The van der Waals surface area contributed by atoms with Crippen LogP contribution in [0.5, 0.6) is 0 Å². The fraction of sp³-hybridized carbons (Fsp3) is 0.357. The topological polar surface area (TPSA) is 69.7 Å². The van der Waals surface area contributed by atoms with Crippen LogP contribution >= 0.6 is 0 Å². The fourth-order valence-corrected chi connectivity index (χ4v) is 2.67. The number of ether oxygens (including phenoxy) is 2. The molecule has 0 amide bonds. The van der Waals surface area contributed by atoms with Gasteiger partial charge in [-0.1, -0.05) is 18.2 Å². The molecule has 100 valence electrons. The van der Waals surface area contributed by atoms with Gasteiger partial charge in [-0.2, -0.15) is 0 Å². The van der Waals surface area contributed by atoms with E-state index < -0.39 is 17.4 Å². The van der Waals surface area contributed by atoms with Crippen LogP contribution in [0.1, 0.15) is 27.9 Å². The lowest BCUT2D eigenvalue weighted by atomic mass is 9.79. The Morgan fingerprint density at radius 3 is 2.26 bits per heavy atom. The number of benzene rings is 1. The maximum Gasteiger partial charge on any atom is 0.328 e. The van der Waals surface area contributed by atoms with Crippen LogP contribution < -0.4 is 0 Å². The first-order chi connectivity index (χ1) is 8.98. The number of fused-ring (bicyclic) bond motifs is 1. The third-order valence-corrected chi connectivity index (χ3v) is 3.49. The van der Waals surface area contributed by atoms with E-state index in [0.29, 0.717) is 16.7 Å². The second kappa shape index (κ2) is 4.50. The molecule has 0 aliphatic heterocycles. The van der Waals surface area contributed by atoms with Gasteiger partial charge in [-0.15, -0.1) is 0 Å². The molecule has 0 radical (unpaired) electrons. The lowest BCUT2D eigenvalue weighted by molar-refractivity contribution is -0.161. The molecule has 0 unspecified atom stereocenters. The summed E-state index contributed by atoms with van der Waals surface area (Å²) in [5.74, 6) is -1.78. The normalized spacial score (nSPS) is 15.8. The lowest BCUT2D eigenvalue weighted by Crippen LogP contribution is -2.44. The van der Waals surface area contributed by atoms with Crippen molar-refractivity contribution in [3.63, 3.8) is 0 Å². The summed E-state index contributed by atoms with van der Waals surface area (Å²) in [7, 11) is 2.38. The van der Waals surface area contributed by atoms with Crippen molar-refractivity contribution >= 4 is 17.7 Å². The van der Waals surface area contributed by atoms with E-state index >= 15 is 0 Å². The molecule has 0 spiro atoms. The Morgan fingerprint density at radius 1 is 1.16 bits per heavy atom. The van der Waals surface area contributed by atoms with Gasteiger partial charge in [0.25, 0.3) is 0 Å². The van der Waals surface area contributed by atoms with Gasteiger partial charge >= 0.3 is 11.9 Å². The van der Waals surface area contributed by atoms with Crippen molar-refractivity contribution in [2.45, 2.75) is 18.8 Å². The molecule has 0 N–H and O–H groups in total. The van der Waals surface area contributed by atoms with Crippen molar-refractivity contribution in [2.75, 3.05) is 14.2 Å². The predicted molar refractivity (Wildman–Crippen MR) is 65.8 cm³/mol. The largest absolute Gasteiger partial charge is 0.468 e. The number of Topliss-reactive ketones (excluding diaryl/α,β-unsaturated/α-hetero) is 1. The molecule has 0 fully saturated rings. The Labute approximate surface area is 110 Å². The minimum absolute atomic E-state index is 0.244. The monoisotopic (exact) mass is 262 g/mol. The van der Waals surface area contributed by atoms with E-state index in [1.807, 2.05) is 0 Å². The first kappa shape index (κ1) is 13.3. The summed E-state index contributed by atoms with van der Waals surface area (Å²) in [6.45, 7) is 1.75. The number of ketones is 1. The number of aryl methyl sites for hydroxylation is 1. The van der Waals surface area contributed by atoms with Crippen molar-refractivity contribution in [1.82, 2.24) is 0 Å². The number of carbonyl (C=O) groups excluding carboxylic acids is 3. The highest BCUT2D eigenvalue weighted by Gasteiger charge is 2.57. The maximum absolute atomic E-state index is 12.1. The van der Waals surface area contributed by atoms with Gasteiger partial charge in [0.1, 0.15) is 0 Å². The number of methoxy groups -OCH3 is 2. The van der Waals surface area contributed by atoms with E-state index in [2.05, 4.69) is 0 Å². The van der Waals surface area contributed by atoms with E-state index in [-0.39, 0.29) is 12.2 Å². The van der Waals surface area contributed by atoms with Gasteiger partial charge in [-0.05, 0) is 18.1 Å². The van der Waals surface area contributed by atoms with Gasteiger partial charge in [0, 0.05) is 12.0 Å². The minimum atomic E-state index is -1.67. The van der Waals surface area contributed by atoms with Crippen LogP contribution in [0.15, 0.2) is 18.2 Å². The van der Waals surface area contributed by atoms with Gasteiger partial charge in [0.2, 0.25) is 0 Å². The molecule has 1 aliphatic carbocycles. The predicted octanol–water partition coefficient (Wildman–Crippen LogP) is 1.17. The number of rotatable bonds is 2. The molecule has 0 aromatic heterocycles. The summed E-state index contributed by atoms with van der Waals surface area (Å²) in [4.78, 5) is 36.3. The second-order valence-electron chi connectivity index (χ2n) is 4.49. The van der Waals surface area contributed by atoms with Crippen LogP contribution in [0.3, 0.4) is 0 Å². The molecule has 0 saturated heterocycles. The van der Waals surface area contributed by atoms with E-state index in [4.69, 9.17) is 9.47 Å². The van der Waals surface area contributed by atoms with E-state index in [9.17, 15) is 14.4 Å². The fourth-order valence-electron chi connectivity index (χ4n) is 2.67. The van der Waals surface area contributed by atoms with Crippen molar-refractivity contribution in [1.29, 1.82) is 0 Å². The SMILES string of the molecule is COC(=O)C1(C(=O)OC)CC(=O)c2cccc(C)c21. The second-order valence-corrected chi connectivity index (χ2v) is 4.49. The molecule has 1 aromatic rings. The van der Waals surface area contributed by atoms with E-state index in [1.54, 1.807) is 25.1 Å². The van der Waals surface area contributed by atoms with E-state index in [0.717, 1.165) is 0 Å². The molecule has 5 nitrogen and oxygen atoms in total. The molecule has 19 heavy (non-hydrogen) atoms. The van der Waals surface area contributed by atoms with E-state index in [1.165, 1.54) is 14.2 Å². The molecule has 0 heterocycles. The molecule has 1 aliphatic rings. The molecular weight excluding hydrogens is 248 g/mol. The van der Waals surface area contributed by atoms with Crippen LogP contribution in [0.25, 0.3) is 0 Å². The Morgan fingerprint density at radius 2 is 1.74 bits per heavy atom. The molecule has 0 atom stereocenters. The number of hydrogen-bond acceptors (Lipinski definition) is 5. The number of carbonyl (C=O) groups is 3. The number of esters is 2. The smallest absolute Gasteiger partial charge is 0.328 e. The van der Waals surface area contributed by atoms with Gasteiger partial charge in [-0.25, -0.2) is 0 Å². The van der Waals surface area contributed by atoms with Crippen molar-refractivity contribution in [2.24, 2.45) is 0 Å². The number of hydrogen-bond donors (Lipinski definition) is 0. The highest BCUT2D eigenvalue weighted by atomic mass is 16.5. The highest BCUT2D eigenvalue weighted by molar-refractivity contribution is 6.18. The van der Waals surface area contributed by atoms with Crippen molar-refractivity contribution in [3.05, 3.63) is 34.9 Å². The Hall–Kier alpha value is -2.17. The summed E-state index contributed by atoms with van der Waals surface area (Å²) in [6, 6.07) is 5.08. The molecule has 5 heteroatoms. The lowest BCUT2D eigenvalue weighted by Gasteiger charge is -2.24. The molecular formula is C14H14O5. The Kier molecular flexibility index (Phi) is 3.14. The zero-order valence-electron chi connectivity index (χ0n) is 11.0. The highest BCUT2D eigenvalue weighted by Crippen LogP contribution is 2.42. The summed E-state index contributed by atoms with van der Waals surface area (Å²) in [5, 5.41) is 0. The average Bonchev–Trinajstić information content (AvgIpc) is 2.73. The van der Waals surface area contributed by atoms with Crippen LogP contribution in [0.2, 0.25) is 0 Å². The van der Waals surface area contributed by atoms with Gasteiger partial charge in [-0.3, -0.25) is 14.4 Å². The van der Waals surface area contributed by atoms with Crippen LogP contribution in [0, 0.1) is 6.92 Å². The van der Waals surface area contributed by atoms with Crippen LogP contribution in [-0.4, -0.2) is 31.9 Å². The molecule has 0 saturated carbocycles. The van der Waals surface area contributed by atoms with Gasteiger partial charge < -0.3 is 9.47 Å². The third-order valence-electron chi connectivity index (χ3n) is 3.49. The quantitative estimate of drug-likeness (QED) is 0.591. The summed E-state index contributed by atoms with van der Waals surface area (Å²) >= 11 is 0. The standard InChI is InChI=1S/C14H14O5/c1-8-5-4-6-9-10(15)7-14(11(8)9,12(16)18-2)13(17)19-3/h4-6H,7H2,1-3H3. The maximum atomic E-state index is 12.1. The third kappa shape index (κ3) is 1.65. The summed E-state index contributed by atoms with van der Waals surface area (Å²) in [6.07, 6.45) is -0.244. The van der Waals surface area contributed by atoms with Gasteiger partial charge in [0.15, 0.2) is 11.2 Å². The zero-order valence-corrected chi connectivity index (χ0v) is 11.0. The first-order valence-electron chi connectivity index (χ1n) is 5.79. The van der Waals surface area contributed by atoms with Gasteiger partial charge in [0.05, 0.1) is 14.2 Å². The molecule has 0 bridgehead atoms. The van der Waals surface area contributed by atoms with Crippen LogP contribution in [-0.2, 0) is 24.5 Å². The Bertz CT molecular complexity index is 557. The Balaban J connectivity index is 2.77. The average molecular weight is 262 g/mol. The van der Waals surface area contributed by atoms with Crippen molar-refractivity contribution in [3.8, 4) is 0 Å². The first-order valence-corrected chi connectivity index (χ1v) is 5.79. The summed E-state index contributed by atoms with van der Waals surface area (Å²) in [5.41, 5.74) is -0.185. The summed E-state index contributed by atoms with van der Waals surface area (Å²) < 4.78 is 9.46.